The van der Waals surface area contributed by atoms with Gasteiger partial charge in [0.1, 0.15) is 17.3 Å². The molecule has 0 saturated carbocycles. The van der Waals surface area contributed by atoms with E-state index in [-0.39, 0.29) is 6.04 Å². The molecule has 0 fully saturated rings. The van der Waals surface area contributed by atoms with Crippen molar-refractivity contribution in [3.05, 3.63) is 0 Å². The Balaban J connectivity index is 2.38. The van der Waals surface area contributed by atoms with Crippen LogP contribution in [-0.4, -0.2) is 29.2 Å². The third-order valence-corrected chi connectivity index (χ3v) is 1.96. The number of hydrogen-bond donors (Lipinski definition) is 0. The fourth-order valence-corrected chi connectivity index (χ4v) is 1.31. The second kappa shape index (κ2) is 2.79. The number of fused-ring (bicyclic) bond motifs is 1. The van der Waals surface area contributed by atoms with Crippen molar-refractivity contribution in [2.24, 2.45) is 20.0 Å². The molecule has 0 aromatic heterocycles. The largest absolute Gasteiger partial charge is 0.255 e. The summed E-state index contributed by atoms with van der Waals surface area (Å²) < 4.78 is 0. The second-order valence-corrected chi connectivity index (χ2v) is 2.86. The van der Waals surface area contributed by atoms with E-state index < -0.39 is 0 Å². The van der Waals surface area contributed by atoms with Crippen LogP contribution in [0.5, 0.6) is 0 Å². The van der Waals surface area contributed by atoms with E-state index in [2.05, 4.69) is 20.0 Å². The summed E-state index contributed by atoms with van der Waals surface area (Å²) in [6.07, 6.45) is 2.24. The van der Waals surface area contributed by atoms with Gasteiger partial charge in [0.25, 0.3) is 0 Å². The molecule has 2 aliphatic rings. The molecule has 0 spiro atoms. The Bertz CT molecular complexity index is 326. The third-order valence-electron chi connectivity index (χ3n) is 1.67. The van der Waals surface area contributed by atoms with Gasteiger partial charge in [-0.25, -0.2) is 15.0 Å². The molecule has 0 saturated heterocycles. The van der Waals surface area contributed by atoms with Crippen LogP contribution in [-0.2, 0) is 0 Å². The SMILES string of the molecule is CCC1=NC2=NC=NC2C(Cl)=N1. The molecule has 12 heavy (non-hydrogen) atoms. The number of rotatable bonds is 1. The molecule has 1 unspecified atom stereocenters. The van der Waals surface area contributed by atoms with Crippen LogP contribution in [0.1, 0.15) is 13.3 Å². The van der Waals surface area contributed by atoms with Gasteiger partial charge in [0.15, 0.2) is 11.9 Å². The highest BCUT2D eigenvalue weighted by atomic mass is 35.5. The smallest absolute Gasteiger partial charge is 0.164 e. The lowest BCUT2D eigenvalue weighted by atomic mass is 10.2. The molecule has 0 radical (unpaired) electrons. The van der Waals surface area contributed by atoms with E-state index in [9.17, 15) is 0 Å². The molecule has 0 bridgehead atoms. The van der Waals surface area contributed by atoms with Crippen molar-refractivity contribution in [3.8, 4) is 0 Å². The Morgan fingerprint density at radius 1 is 1.50 bits per heavy atom. The Morgan fingerprint density at radius 2 is 2.33 bits per heavy atom. The maximum atomic E-state index is 5.87. The van der Waals surface area contributed by atoms with E-state index in [1.165, 1.54) is 6.34 Å². The molecule has 62 valence electrons. The fourth-order valence-electron chi connectivity index (χ4n) is 1.05. The summed E-state index contributed by atoms with van der Waals surface area (Å²) in [4.78, 5) is 16.3. The fraction of sp³-hybridized carbons (Fsp3) is 0.429. The first-order valence-corrected chi connectivity index (χ1v) is 4.10. The molecule has 2 heterocycles. The van der Waals surface area contributed by atoms with E-state index in [4.69, 9.17) is 11.6 Å². The number of hydrogen-bond acceptors (Lipinski definition) is 4. The van der Waals surface area contributed by atoms with Crippen molar-refractivity contribution < 1.29 is 0 Å². The highest BCUT2D eigenvalue weighted by molar-refractivity contribution is 6.70. The average Bonchev–Trinajstić information content (AvgIpc) is 2.52. The van der Waals surface area contributed by atoms with Gasteiger partial charge in [-0.3, -0.25) is 4.99 Å². The molecule has 0 aromatic carbocycles. The molecule has 0 N–H and O–H groups in total. The molecular weight excluding hydrogens is 176 g/mol. The van der Waals surface area contributed by atoms with Crippen molar-refractivity contribution in [2.45, 2.75) is 19.4 Å². The molecule has 0 aliphatic carbocycles. The maximum absolute atomic E-state index is 5.87. The van der Waals surface area contributed by atoms with E-state index in [0.717, 1.165) is 12.3 Å². The standard InChI is InChI=1S/C7H7ClN4/c1-2-4-11-6(8)5-7(12-4)10-3-9-5/h3,5H,2H2,1H3. The van der Waals surface area contributed by atoms with Gasteiger partial charge in [-0.2, -0.15) is 0 Å². The first-order chi connectivity index (χ1) is 5.81. The monoisotopic (exact) mass is 182 g/mol. The van der Waals surface area contributed by atoms with Gasteiger partial charge < -0.3 is 0 Å². The molecule has 2 rings (SSSR count). The van der Waals surface area contributed by atoms with Crippen molar-refractivity contribution >= 4 is 34.8 Å². The van der Waals surface area contributed by atoms with Gasteiger partial charge in [-0.05, 0) is 0 Å². The highest BCUT2D eigenvalue weighted by Gasteiger charge is 2.26. The normalized spacial score (nSPS) is 26.2. The van der Waals surface area contributed by atoms with Crippen LogP contribution >= 0.6 is 11.6 Å². The predicted molar refractivity (Wildman–Crippen MR) is 50.7 cm³/mol. The summed E-state index contributed by atoms with van der Waals surface area (Å²) in [5, 5.41) is 0.467. The zero-order valence-electron chi connectivity index (χ0n) is 6.53. The number of nitrogens with zero attached hydrogens (tertiary/aromatic N) is 4. The third kappa shape index (κ3) is 1.08. The first-order valence-electron chi connectivity index (χ1n) is 3.72. The van der Waals surface area contributed by atoms with Gasteiger partial charge in [0.2, 0.25) is 0 Å². The first kappa shape index (κ1) is 7.61. The Hall–Kier alpha value is -1.03. The van der Waals surface area contributed by atoms with E-state index in [1.54, 1.807) is 0 Å². The zero-order chi connectivity index (χ0) is 8.55. The lowest BCUT2D eigenvalue weighted by Crippen LogP contribution is -2.26. The van der Waals surface area contributed by atoms with Crippen LogP contribution in [0.15, 0.2) is 20.0 Å². The molecule has 4 nitrogen and oxygen atoms in total. The molecule has 0 amide bonds. The summed E-state index contributed by atoms with van der Waals surface area (Å²) in [6, 6.07) is -0.234. The highest BCUT2D eigenvalue weighted by Crippen LogP contribution is 2.14. The number of halogens is 1. The van der Waals surface area contributed by atoms with Crippen LogP contribution in [0, 0.1) is 0 Å². The van der Waals surface area contributed by atoms with E-state index in [1.807, 2.05) is 6.92 Å². The van der Waals surface area contributed by atoms with Crippen LogP contribution in [0.25, 0.3) is 0 Å². The minimum atomic E-state index is -0.234. The van der Waals surface area contributed by atoms with Gasteiger partial charge in [0, 0.05) is 6.42 Å². The van der Waals surface area contributed by atoms with Crippen LogP contribution in [0.3, 0.4) is 0 Å². The Kier molecular flexibility index (Phi) is 1.77. The maximum Gasteiger partial charge on any atom is 0.164 e. The minimum Gasteiger partial charge on any atom is -0.255 e. The average molecular weight is 183 g/mol. The second-order valence-electron chi connectivity index (χ2n) is 2.47. The van der Waals surface area contributed by atoms with Crippen molar-refractivity contribution in [3.63, 3.8) is 0 Å². The van der Waals surface area contributed by atoms with Crippen molar-refractivity contribution in [1.82, 2.24) is 0 Å². The van der Waals surface area contributed by atoms with Crippen molar-refractivity contribution in [2.75, 3.05) is 0 Å². The summed E-state index contributed by atoms with van der Waals surface area (Å²) in [6.45, 7) is 1.98. The summed E-state index contributed by atoms with van der Waals surface area (Å²) >= 11 is 5.87. The Labute approximate surface area is 74.8 Å². The van der Waals surface area contributed by atoms with Gasteiger partial charge >= 0.3 is 0 Å². The quantitative estimate of drug-likeness (QED) is 0.586. The predicted octanol–water partition coefficient (Wildman–Crippen LogP) is 1.25. The summed E-state index contributed by atoms with van der Waals surface area (Å²) in [7, 11) is 0. The van der Waals surface area contributed by atoms with E-state index in [0.29, 0.717) is 11.0 Å². The van der Waals surface area contributed by atoms with Crippen LogP contribution < -0.4 is 0 Å². The topological polar surface area (TPSA) is 49.4 Å². The number of amidine groups is 2. The Morgan fingerprint density at radius 3 is 3.08 bits per heavy atom. The zero-order valence-corrected chi connectivity index (χ0v) is 7.28. The van der Waals surface area contributed by atoms with Crippen LogP contribution in [0.4, 0.5) is 0 Å². The summed E-state index contributed by atoms with van der Waals surface area (Å²) in [5.41, 5.74) is 0. The molecule has 1 atom stereocenters. The van der Waals surface area contributed by atoms with Gasteiger partial charge in [-0.15, -0.1) is 0 Å². The van der Waals surface area contributed by atoms with Gasteiger partial charge in [0.05, 0.1) is 0 Å². The summed E-state index contributed by atoms with van der Waals surface area (Å²) in [5.74, 6) is 1.38. The van der Waals surface area contributed by atoms with Crippen molar-refractivity contribution in [1.29, 1.82) is 0 Å². The van der Waals surface area contributed by atoms with Gasteiger partial charge in [-0.1, -0.05) is 18.5 Å². The number of aliphatic imine (C=N–C) groups is 4. The molecular formula is C7H7ClN4. The lowest BCUT2D eigenvalue weighted by Gasteiger charge is -2.11. The van der Waals surface area contributed by atoms with Crippen LogP contribution in [0.2, 0.25) is 0 Å². The lowest BCUT2D eigenvalue weighted by molar-refractivity contribution is 1.13. The molecule has 0 aromatic rings. The molecule has 2 aliphatic heterocycles. The van der Waals surface area contributed by atoms with E-state index >= 15 is 0 Å². The minimum absolute atomic E-state index is 0.234. The molecule has 5 heteroatoms.